The van der Waals surface area contributed by atoms with Crippen molar-refractivity contribution < 1.29 is 18.7 Å². The van der Waals surface area contributed by atoms with Crippen LogP contribution in [0, 0.1) is 5.82 Å². The van der Waals surface area contributed by atoms with Gasteiger partial charge in [-0.05, 0) is 44.3 Å². The first-order valence-corrected chi connectivity index (χ1v) is 12.1. The fourth-order valence-electron chi connectivity index (χ4n) is 4.74. The lowest BCUT2D eigenvalue weighted by atomic mass is 10.0. The average molecular weight is 509 g/mol. The first-order valence-electron chi connectivity index (χ1n) is 12.1. The molecule has 2 aromatic carbocycles. The van der Waals surface area contributed by atoms with Gasteiger partial charge in [-0.3, -0.25) is 25.2 Å². The Bertz CT molecular complexity index is 1430. The van der Waals surface area contributed by atoms with Gasteiger partial charge in [0.2, 0.25) is 5.43 Å². The Hall–Kier alpha value is -4.12. The third-order valence-electron chi connectivity index (χ3n) is 6.90. The maximum atomic E-state index is 15.5. The summed E-state index contributed by atoms with van der Waals surface area (Å²) in [5.41, 5.74) is 6.43. The number of aromatic nitrogens is 1. The predicted octanol–water partition coefficient (Wildman–Crippen LogP) is 1.96. The van der Waals surface area contributed by atoms with Crippen molar-refractivity contribution in [2.45, 2.75) is 13.0 Å². The summed E-state index contributed by atoms with van der Waals surface area (Å²) in [4.78, 5) is 42.2. The van der Waals surface area contributed by atoms with E-state index in [0.29, 0.717) is 41.3 Å². The number of halogens is 1. The first-order chi connectivity index (χ1) is 17.8. The zero-order chi connectivity index (χ0) is 26.3. The van der Waals surface area contributed by atoms with E-state index in [2.05, 4.69) is 21.1 Å². The Morgan fingerprint density at radius 1 is 1.08 bits per heavy atom. The van der Waals surface area contributed by atoms with Gasteiger partial charge in [0.25, 0.3) is 11.8 Å². The average Bonchev–Trinajstić information content (AvgIpc) is 2.91. The summed E-state index contributed by atoms with van der Waals surface area (Å²) in [7, 11) is 3.56. The minimum Gasteiger partial charge on any atom is -0.487 e. The number of hydrogen-bond acceptors (Lipinski definition) is 7. The van der Waals surface area contributed by atoms with Gasteiger partial charge in [-0.25, -0.2) is 4.39 Å². The molecule has 5 rings (SSSR count). The highest BCUT2D eigenvalue weighted by Crippen LogP contribution is 2.42. The van der Waals surface area contributed by atoms with E-state index in [9.17, 15) is 14.4 Å². The van der Waals surface area contributed by atoms with Crippen LogP contribution in [-0.4, -0.2) is 68.2 Å². The van der Waals surface area contributed by atoms with Crippen molar-refractivity contribution in [2.75, 3.05) is 57.2 Å². The summed E-state index contributed by atoms with van der Waals surface area (Å²) in [5, 5.41) is 2.63. The molecule has 3 N–H and O–H groups in total. The van der Waals surface area contributed by atoms with Crippen molar-refractivity contribution >= 4 is 34.1 Å². The van der Waals surface area contributed by atoms with Gasteiger partial charge in [0.05, 0.1) is 22.6 Å². The number of hydrogen-bond donors (Lipinski definition) is 3. The van der Waals surface area contributed by atoms with Crippen LogP contribution in [0.25, 0.3) is 10.9 Å². The molecule has 0 saturated carbocycles. The molecule has 0 radical (unpaired) electrons. The van der Waals surface area contributed by atoms with Crippen molar-refractivity contribution in [1.82, 2.24) is 20.2 Å². The van der Waals surface area contributed by atoms with E-state index in [4.69, 9.17) is 4.74 Å². The molecule has 10 nitrogen and oxygen atoms in total. The minimum atomic E-state index is -0.658. The lowest BCUT2D eigenvalue weighted by Gasteiger charge is -2.37. The molecule has 11 heteroatoms. The van der Waals surface area contributed by atoms with Gasteiger partial charge in [0.1, 0.15) is 17.9 Å². The third kappa shape index (κ3) is 4.46. The Kier molecular flexibility index (Phi) is 6.46. The highest BCUT2D eigenvalue weighted by atomic mass is 19.1. The molecule has 2 amide bonds. The largest absolute Gasteiger partial charge is 0.487 e. The number of rotatable bonds is 5. The molecule has 0 aliphatic carbocycles. The molecule has 0 spiro atoms. The van der Waals surface area contributed by atoms with Crippen LogP contribution in [0.1, 0.15) is 33.7 Å². The number of amides is 2. The Morgan fingerprint density at radius 2 is 1.78 bits per heavy atom. The first kappa shape index (κ1) is 24.6. The molecule has 3 aromatic rings. The molecule has 1 fully saturated rings. The number of benzene rings is 2. The van der Waals surface area contributed by atoms with Crippen molar-refractivity contribution in [3.05, 3.63) is 63.7 Å². The van der Waals surface area contributed by atoms with Gasteiger partial charge in [-0.1, -0.05) is 0 Å². The van der Waals surface area contributed by atoms with Crippen LogP contribution in [0.2, 0.25) is 0 Å². The monoisotopic (exact) mass is 508 g/mol. The van der Waals surface area contributed by atoms with Crippen molar-refractivity contribution in [2.24, 2.45) is 0 Å². The Labute approximate surface area is 213 Å². The zero-order valence-corrected chi connectivity index (χ0v) is 20.9. The molecule has 0 bridgehead atoms. The normalized spacial score (nSPS) is 17.3. The number of pyridine rings is 1. The van der Waals surface area contributed by atoms with Gasteiger partial charge >= 0.3 is 0 Å². The molecule has 1 unspecified atom stereocenters. The summed E-state index contributed by atoms with van der Waals surface area (Å²) in [5.74, 6) is -1.09. The molecular weight excluding hydrogens is 479 g/mol. The van der Waals surface area contributed by atoms with Gasteiger partial charge in [0, 0.05) is 45.0 Å². The van der Waals surface area contributed by atoms with Crippen LogP contribution < -0.4 is 31.2 Å². The Morgan fingerprint density at radius 3 is 2.46 bits per heavy atom. The number of hydrazine groups is 1. The summed E-state index contributed by atoms with van der Waals surface area (Å²) in [6, 6.07) is 7.51. The molecule has 1 atom stereocenters. The fourth-order valence-corrected chi connectivity index (χ4v) is 4.74. The second-order valence-electron chi connectivity index (χ2n) is 9.40. The maximum Gasteiger partial charge on any atom is 0.275 e. The lowest BCUT2D eigenvalue weighted by molar-refractivity contribution is 0.0953. The number of carbonyl (C=O) groups excluding carboxylic acids is 2. The molecular formula is C26H29FN6O4. The van der Waals surface area contributed by atoms with Gasteiger partial charge in [-0.15, -0.1) is 0 Å². The van der Waals surface area contributed by atoms with E-state index in [1.165, 1.54) is 12.3 Å². The predicted molar refractivity (Wildman–Crippen MR) is 139 cm³/mol. The molecule has 37 heavy (non-hydrogen) atoms. The quantitative estimate of drug-likeness (QED) is 0.452. The highest BCUT2D eigenvalue weighted by molar-refractivity contribution is 6.00. The third-order valence-corrected chi connectivity index (χ3v) is 6.90. The number of nitrogens with one attached hydrogen (secondary N) is 3. The van der Waals surface area contributed by atoms with E-state index >= 15 is 4.39 Å². The van der Waals surface area contributed by atoms with Crippen molar-refractivity contribution in [3.8, 4) is 5.75 Å². The van der Waals surface area contributed by atoms with Gasteiger partial charge in [0.15, 0.2) is 11.6 Å². The number of ether oxygens (including phenoxy) is 1. The number of likely N-dealkylation sites (N-methyl/N-ethyl adjacent to an activating group) is 1. The number of piperazine rings is 1. The number of anilines is 2. The summed E-state index contributed by atoms with van der Waals surface area (Å²) in [6.07, 6.45) is 1.51. The van der Waals surface area contributed by atoms with E-state index in [1.54, 1.807) is 31.3 Å². The minimum absolute atomic E-state index is 0.0968. The lowest BCUT2D eigenvalue weighted by Crippen LogP contribution is -2.45. The Balaban J connectivity index is 1.48. The van der Waals surface area contributed by atoms with Crippen LogP contribution in [0.4, 0.5) is 15.8 Å². The second kappa shape index (κ2) is 9.74. The molecule has 194 valence electrons. The van der Waals surface area contributed by atoms with E-state index in [-0.39, 0.29) is 29.5 Å². The van der Waals surface area contributed by atoms with Crippen LogP contribution >= 0.6 is 0 Å². The molecule has 2 aliphatic rings. The molecule has 1 aromatic heterocycles. The fraction of sp³-hybridized carbons (Fsp3) is 0.346. The highest BCUT2D eigenvalue weighted by Gasteiger charge is 2.31. The summed E-state index contributed by atoms with van der Waals surface area (Å²) < 4.78 is 23.3. The number of carbonyl (C=O) groups is 2. The van der Waals surface area contributed by atoms with Gasteiger partial charge in [-0.2, -0.15) is 0 Å². The smallest absolute Gasteiger partial charge is 0.275 e. The maximum absolute atomic E-state index is 15.5. The summed E-state index contributed by atoms with van der Waals surface area (Å²) in [6.45, 7) is 5.07. The molecule has 3 heterocycles. The van der Waals surface area contributed by atoms with Crippen LogP contribution in [0.3, 0.4) is 0 Å². The number of nitrogens with zero attached hydrogens (tertiary/aromatic N) is 3. The summed E-state index contributed by atoms with van der Waals surface area (Å²) >= 11 is 0. The molecule has 2 aliphatic heterocycles. The molecule has 1 saturated heterocycles. The van der Waals surface area contributed by atoms with E-state index in [1.807, 2.05) is 23.4 Å². The van der Waals surface area contributed by atoms with Crippen LogP contribution in [0.15, 0.2) is 41.3 Å². The second-order valence-corrected chi connectivity index (χ2v) is 9.40. The standard InChI is InChI=1S/C26H29FN6O4/c1-15-14-37-24-21-18(12-20(27)22(24)32-10-8-31(3)9-11-32)23(34)19(13-33(15)21)26(36)30-29-17-6-4-16(5-7-17)25(35)28-2/h4-7,12-13,15,29H,8-11,14H2,1-3H3,(H,28,35)(H,30,36). The van der Waals surface area contributed by atoms with Crippen LogP contribution in [-0.2, 0) is 0 Å². The zero-order valence-electron chi connectivity index (χ0n) is 20.9. The SMILES string of the molecule is CNC(=O)c1ccc(NNC(=O)c2cn3c4c(c(N5CCN(C)CC5)c(F)cc4c2=O)OCC3C)cc1. The van der Waals surface area contributed by atoms with E-state index in [0.717, 1.165) is 13.1 Å². The van der Waals surface area contributed by atoms with E-state index < -0.39 is 17.2 Å². The van der Waals surface area contributed by atoms with Crippen LogP contribution in [0.5, 0.6) is 5.75 Å². The van der Waals surface area contributed by atoms with Crippen molar-refractivity contribution in [1.29, 1.82) is 0 Å². The van der Waals surface area contributed by atoms with Gasteiger partial charge < -0.3 is 24.4 Å². The van der Waals surface area contributed by atoms with Crippen molar-refractivity contribution in [3.63, 3.8) is 0 Å². The topological polar surface area (TPSA) is 108 Å².